The van der Waals surface area contributed by atoms with E-state index in [0.29, 0.717) is 33.2 Å². The molecule has 2 aromatic heterocycles. The first kappa shape index (κ1) is 24.2. The minimum Gasteiger partial charge on any atom is -0.301 e. The highest BCUT2D eigenvalue weighted by atomic mass is 35.5. The second-order valence-corrected chi connectivity index (χ2v) is 10.3. The van der Waals surface area contributed by atoms with Crippen molar-refractivity contribution in [2.75, 3.05) is 11.1 Å². The van der Waals surface area contributed by atoms with E-state index in [1.54, 1.807) is 18.3 Å². The number of anilines is 1. The largest absolute Gasteiger partial charge is 0.301 e. The summed E-state index contributed by atoms with van der Waals surface area (Å²) in [6, 6.07) is 23.3. The number of rotatable bonds is 8. The maximum absolute atomic E-state index is 13.5. The molecule has 2 heterocycles. The fourth-order valence-electron chi connectivity index (χ4n) is 3.54. The Morgan fingerprint density at radius 2 is 1.83 bits per heavy atom. The van der Waals surface area contributed by atoms with Gasteiger partial charge in [0.15, 0.2) is 16.1 Å². The third kappa shape index (κ3) is 5.81. The number of carbonyl (C=O) groups excluding carboxylic acids is 1. The lowest BCUT2D eigenvalue weighted by Crippen LogP contribution is -2.14. The molecule has 0 radical (unpaired) electrons. The van der Waals surface area contributed by atoms with Gasteiger partial charge >= 0.3 is 0 Å². The minimum atomic E-state index is -0.333. The van der Waals surface area contributed by atoms with Crippen LogP contribution < -0.4 is 5.32 Å². The summed E-state index contributed by atoms with van der Waals surface area (Å²) in [4.78, 5) is 18.0. The second-order valence-electron chi connectivity index (χ2n) is 7.76. The van der Waals surface area contributed by atoms with E-state index in [-0.39, 0.29) is 17.5 Å². The van der Waals surface area contributed by atoms with Crippen LogP contribution in [0.3, 0.4) is 0 Å². The summed E-state index contributed by atoms with van der Waals surface area (Å²) in [5.74, 6) is 0.172. The third-order valence-corrected chi connectivity index (χ3v) is 7.23. The quantitative estimate of drug-likeness (QED) is 0.229. The highest BCUT2D eigenvalue weighted by Gasteiger charge is 2.18. The van der Waals surface area contributed by atoms with Gasteiger partial charge in [0.1, 0.15) is 5.82 Å². The molecule has 0 aliphatic heterocycles. The number of thioether (sulfide) groups is 1. The maximum atomic E-state index is 13.5. The van der Waals surface area contributed by atoms with Gasteiger partial charge in [-0.1, -0.05) is 65.8 Å². The maximum Gasteiger partial charge on any atom is 0.236 e. The molecule has 0 aliphatic rings. The molecule has 0 atom stereocenters. The van der Waals surface area contributed by atoms with Crippen molar-refractivity contribution in [3.8, 4) is 17.1 Å². The lowest BCUT2D eigenvalue weighted by Gasteiger charge is -2.10. The molecule has 0 fully saturated rings. The molecule has 6 nitrogen and oxygen atoms in total. The predicted molar refractivity (Wildman–Crippen MR) is 142 cm³/mol. The first-order valence-corrected chi connectivity index (χ1v) is 13.1. The van der Waals surface area contributed by atoms with E-state index >= 15 is 0 Å². The Morgan fingerprint density at radius 1 is 1.03 bits per heavy atom. The zero-order valence-electron chi connectivity index (χ0n) is 18.8. The van der Waals surface area contributed by atoms with Crippen LogP contribution in [-0.2, 0) is 11.2 Å². The summed E-state index contributed by atoms with van der Waals surface area (Å²) < 4.78 is 15.4. The lowest BCUT2D eigenvalue weighted by molar-refractivity contribution is -0.113. The summed E-state index contributed by atoms with van der Waals surface area (Å²) in [6.45, 7) is 0. The SMILES string of the molecule is O=C(CSc1nnc(-c2ccccc2)n1-c1ccc(F)cc1)Nc1ncc(Cc2cccc(Cl)c2)s1. The monoisotopic (exact) mass is 535 g/mol. The Hall–Kier alpha value is -3.53. The molecule has 1 N–H and O–H groups in total. The van der Waals surface area contributed by atoms with Crippen molar-refractivity contribution in [1.82, 2.24) is 19.7 Å². The van der Waals surface area contributed by atoms with Crippen LogP contribution >= 0.6 is 34.7 Å². The first-order valence-electron chi connectivity index (χ1n) is 10.9. The molecule has 0 saturated carbocycles. The number of nitrogens with zero attached hydrogens (tertiary/aromatic N) is 4. The summed E-state index contributed by atoms with van der Waals surface area (Å²) in [5, 5.41) is 13.2. The van der Waals surface area contributed by atoms with Crippen LogP contribution in [0.1, 0.15) is 10.4 Å². The Morgan fingerprint density at radius 3 is 2.61 bits per heavy atom. The number of benzene rings is 3. The third-order valence-electron chi connectivity index (χ3n) is 5.15. The van der Waals surface area contributed by atoms with E-state index < -0.39 is 0 Å². The molecule has 5 rings (SSSR count). The molecule has 0 unspecified atom stereocenters. The number of thiazole rings is 1. The Kier molecular flexibility index (Phi) is 7.41. The van der Waals surface area contributed by atoms with Crippen LogP contribution in [0.4, 0.5) is 9.52 Å². The van der Waals surface area contributed by atoms with Crippen molar-refractivity contribution in [2.24, 2.45) is 0 Å². The van der Waals surface area contributed by atoms with Crippen molar-refractivity contribution in [2.45, 2.75) is 11.6 Å². The van der Waals surface area contributed by atoms with E-state index in [4.69, 9.17) is 11.6 Å². The summed E-state index contributed by atoms with van der Waals surface area (Å²) in [7, 11) is 0. The van der Waals surface area contributed by atoms with E-state index in [2.05, 4.69) is 20.5 Å². The van der Waals surface area contributed by atoms with Crippen molar-refractivity contribution in [1.29, 1.82) is 0 Å². The van der Waals surface area contributed by atoms with Gasteiger partial charge in [-0.3, -0.25) is 9.36 Å². The van der Waals surface area contributed by atoms with Crippen LogP contribution in [-0.4, -0.2) is 31.4 Å². The molecule has 0 spiro atoms. The standard InChI is InChI=1S/C26H19ClFN5OS2/c27-19-8-4-5-17(13-19)14-22-15-29-25(36-22)30-23(34)16-35-26-32-31-24(18-6-2-1-3-7-18)33(26)21-11-9-20(28)10-12-21/h1-13,15H,14,16H2,(H,29,30,34). The highest BCUT2D eigenvalue weighted by Crippen LogP contribution is 2.28. The van der Waals surface area contributed by atoms with Gasteiger partial charge in [0, 0.05) is 33.8 Å². The molecule has 5 aromatic rings. The highest BCUT2D eigenvalue weighted by molar-refractivity contribution is 7.99. The van der Waals surface area contributed by atoms with Crippen molar-refractivity contribution >= 4 is 45.7 Å². The summed E-state index contributed by atoms with van der Waals surface area (Å²) in [5.41, 5.74) is 2.64. The van der Waals surface area contributed by atoms with E-state index in [1.807, 2.05) is 59.2 Å². The van der Waals surface area contributed by atoms with Crippen LogP contribution in [0.15, 0.2) is 90.2 Å². The van der Waals surface area contributed by atoms with Crippen molar-refractivity contribution < 1.29 is 9.18 Å². The van der Waals surface area contributed by atoms with E-state index in [1.165, 1.54) is 35.2 Å². The van der Waals surface area contributed by atoms with Gasteiger partial charge in [-0.05, 0) is 42.0 Å². The number of hydrogen-bond acceptors (Lipinski definition) is 6. The zero-order valence-corrected chi connectivity index (χ0v) is 21.2. The van der Waals surface area contributed by atoms with E-state index in [0.717, 1.165) is 16.0 Å². The smallest absolute Gasteiger partial charge is 0.236 e. The molecule has 1 amide bonds. The molecule has 180 valence electrons. The first-order chi connectivity index (χ1) is 17.5. The van der Waals surface area contributed by atoms with Gasteiger partial charge in [-0.15, -0.1) is 21.5 Å². The van der Waals surface area contributed by atoms with Gasteiger partial charge in [-0.25, -0.2) is 9.37 Å². The van der Waals surface area contributed by atoms with Crippen LogP contribution in [0.25, 0.3) is 17.1 Å². The molecule has 0 bridgehead atoms. The van der Waals surface area contributed by atoms with E-state index in [9.17, 15) is 9.18 Å². The van der Waals surface area contributed by atoms with Gasteiger partial charge in [-0.2, -0.15) is 0 Å². The second kappa shape index (κ2) is 11.0. The predicted octanol–water partition coefficient (Wildman–Crippen LogP) is 6.50. The van der Waals surface area contributed by atoms with Crippen LogP contribution in [0.5, 0.6) is 0 Å². The normalized spacial score (nSPS) is 10.9. The molecule has 36 heavy (non-hydrogen) atoms. The fourth-order valence-corrected chi connectivity index (χ4v) is 5.37. The molecule has 10 heteroatoms. The van der Waals surface area contributed by atoms with Crippen LogP contribution in [0, 0.1) is 5.82 Å². The van der Waals surface area contributed by atoms with Gasteiger partial charge in [0.05, 0.1) is 5.75 Å². The molecule has 0 aliphatic carbocycles. The average Bonchev–Trinajstić information content (AvgIpc) is 3.50. The number of nitrogens with one attached hydrogen (secondary N) is 1. The number of amides is 1. The van der Waals surface area contributed by atoms with Crippen molar-refractivity contribution in [3.05, 3.63) is 106 Å². The topological polar surface area (TPSA) is 72.7 Å². The number of carbonyl (C=O) groups is 1. The van der Waals surface area contributed by atoms with Crippen molar-refractivity contribution in [3.63, 3.8) is 0 Å². The lowest BCUT2D eigenvalue weighted by atomic mass is 10.1. The van der Waals surface area contributed by atoms with Gasteiger partial charge in [0.2, 0.25) is 5.91 Å². The molecule has 3 aromatic carbocycles. The fraction of sp³-hybridized carbons (Fsp3) is 0.0769. The average molecular weight is 536 g/mol. The molecule has 0 saturated heterocycles. The Bertz CT molecular complexity index is 1490. The summed E-state index contributed by atoms with van der Waals surface area (Å²) in [6.07, 6.45) is 2.44. The number of aromatic nitrogens is 4. The summed E-state index contributed by atoms with van der Waals surface area (Å²) >= 11 is 8.73. The van der Waals surface area contributed by atoms with Crippen LogP contribution in [0.2, 0.25) is 5.02 Å². The molecular formula is C26H19ClFN5OS2. The Balaban J connectivity index is 1.28. The molecular weight excluding hydrogens is 517 g/mol. The number of hydrogen-bond donors (Lipinski definition) is 1. The number of halogens is 2. The van der Waals surface area contributed by atoms with Gasteiger partial charge < -0.3 is 5.32 Å². The van der Waals surface area contributed by atoms with Gasteiger partial charge in [0.25, 0.3) is 0 Å². The zero-order chi connectivity index (χ0) is 24.9. The Labute approximate surface area is 220 Å². The minimum absolute atomic E-state index is 0.108.